The molecule has 0 radical (unpaired) electrons. The van der Waals surface area contributed by atoms with Crippen LogP contribution in [0.2, 0.25) is 0 Å². The number of rotatable bonds is 9. The molecule has 0 aromatic heterocycles. The summed E-state index contributed by atoms with van der Waals surface area (Å²) >= 11 is 0. The minimum Gasteiger partial charge on any atom is -0.480 e. The van der Waals surface area contributed by atoms with E-state index >= 15 is 0 Å². The summed E-state index contributed by atoms with van der Waals surface area (Å²) in [4.78, 5) is 36.8. The van der Waals surface area contributed by atoms with Gasteiger partial charge in [-0.05, 0) is 47.9 Å². The Morgan fingerprint density at radius 2 is 1.69 bits per heavy atom. The second-order valence-electron chi connectivity index (χ2n) is 9.57. The maximum atomic E-state index is 12.7. The van der Waals surface area contributed by atoms with E-state index < -0.39 is 18.1 Å². The smallest absolute Gasteiger partial charge is 0.407 e. The number of carbonyl (C=O) groups is 3. The molecule has 2 aliphatic carbocycles. The first-order chi connectivity index (χ1) is 17.0. The van der Waals surface area contributed by atoms with E-state index in [9.17, 15) is 19.5 Å². The van der Waals surface area contributed by atoms with E-state index in [4.69, 9.17) is 4.74 Å². The van der Waals surface area contributed by atoms with E-state index in [2.05, 4.69) is 34.9 Å². The third-order valence-corrected chi connectivity index (χ3v) is 7.17. The number of unbranched alkanes of at least 4 members (excludes halogenated alkanes) is 1. The minimum atomic E-state index is -1.00. The summed E-state index contributed by atoms with van der Waals surface area (Å²) in [5.74, 6) is -1.57. The van der Waals surface area contributed by atoms with Crippen LogP contribution in [0.25, 0.3) is 11.1 Å². The Hall–Kier alpha value is -3.35. The molecule has 1 saturated carbocycles. The highest BCUT2D eigenvalue weighted by Gasteiger charge is 2.32. The molecule has 0 bridgehead atoms. The van der Waals surface area contributed by atoms with Crippen molar-refractivity contribution in [1.82, 2.24) is 10.6 Å². The van der Waals surface area contributed by atoms with E-state index in [0.717, 1.165) is 36.8 Å². The highest BCUT2D eigenvalue weighted by molar-refractivity contribution is 5.85. The van der Waals surface area contributed by atoms with E-state index in [1.807, 2.05) is 31.2 Å². The number of carboxylic acid groups (broad SMARTS) is 1. The molecular formula is C28H34N2O5. The molecule has 0 saturated heterocycles. The number of aliphatic carboxylic acids is 1. The zero-order valence-electron chi connectivity index (χ0n) is 20.2. The first kappa shape index (κ1) is 24.8. The Kier molecular flexibility index (Phi) is 8.06. The maximum absolute atomic E-state index is 12.7. The zero-order chi connectivity index (χ0) is 24.8. The fourth-order valence-electron chi connectivity index (χ4n) is 5.32. The van der Waals surface area contributed by atoms with Crippen LogP contribution in [0.4, 0.5) is 4.79 Å². The lowest BCUT2D eigenvalue weighted by molar-refractivity contribution is -0.143. The number of hydrogen-bond acceptors (Lipinski definition) is 4. The SMILES string of the molecule is CCCC[C@H](NC(=O)[C@@H]1CCC[C@H](NC(=O)OCC2c3ccccc3-c3ccccc32)C1)C(=O)O. The second-order valence-corrected chi connectivity index (χ2v) is 9.57. The number of hydrogen-bond donors (Lipinski definition) is 3. The molecule has 0 heterocycles. The Bertz CT molecular complexity index is 1020. The fraction of sp³-hybridized carbons (Fsp3) is 0.464. The molecule has 1 fully saturated rings. The van der Waals surface area contributed by atoms with Gasteiger partial charge in [0.25, 0.3) is 0 Å². The monoisotopic (exact) mass is 478 g/mol. The van der Waals surface area contributed by atoms with Gasteiger partial charge in [-0.1, -0.05) is 74.7 Å². The molecule has 2 aliphatic rings. The van der Waals surface area contributed by atoms with Crippen molar-refractivity contribution < 1.29 is 24.2 Å². The Morgan fingerprint density at radius 3 is 2.31 bits per heavy atom. The molecule has 0 aliphatic heterocycles. The first-order valence-corrected chi connectivity index (χ1v) is 12.6. The van der Waals surface area contributed by atoms with Crippen molar-refractivity contribution in [1.29, 1.82) is 0 Å². The molecule has 0 spiro atoms. The molecule has 3 N–H and O–H groups in total. The summed E-state index contributed by atoms with van der Waals surface area (Å²) in [6, 6.07) is 15.4. The van der Waals surface area contributed by atoms with E-state index in [-0.39, 0.29) is 30.4 Å². The number of carboxylic acids is 1. The summed E-state index contributed by atoms with van der Waals surface area (Å²) in [5.41, 5.74) is 4.67. The van der Waals surface area contributed by atoms with Gasteiger partial charge in [-0.2, -0.15) is 0 Å². The maximum Gasteiger partial charge on any atom is 0.407 e. The molecule has 0 unspecified atom stereocenters. The summed E-state index contributed by atoms with van der Waals surface area (Å²) in [6.45, 7) is 2.23. The van der Waals surface area contributed by atoms with Crippen molar-refractivity contribution in [2.75, 3.05) is 6.61 Å². The number of nitrogens with one attached hydrogen (secondary N) is 2. The minimum absolute atomic E-state index is 0.00546. The molecule has 2 amide bonds. The summed E-state index contributed by atoms with van der Waals surface area (Å²) in [7, 11) is 0. The van der Waals surface area contributed by atoms with Crippen molar-refractivity contribution >= 4 is 18.0 Å². The van der Waals surface area contributed by atoms with Crippen molar-refractivity contribution in [2.24, 2.45) is 5.92 Å². The molecule has 7 heteroatoms. The third-order valence-electron chi connectivity index (χ3n) is 7.17. The van der Waals surface area contributed by atoms with Crippen LogP contribution < -0.4 is 10.6 Å². The van der Waals surface area contributed by atoms with Crippen LogP contribution in [0.3, 0.4) is 0 Å². The average Bonchev–Trinajstić information content (AvgIpc) is 3.19. The van der Waals surface area contributed by atoms with Gasteiger partial charge in [0.1, 0.15) is 12.6 Å². The van der Waals surface area contributed by atoms with Crippen LogP contribution in [0.15, 0.2) is 48.5 Å². The second kappa shape index (κ2) is 11.4. The van der Waals surface area contributed by atoms with Crippen molar-refractivity contribution in [3.05, 3.63) is 59.7 Å². The molecule has 2 aromatic carbocycles. The molecule has 3 atom stereocenters. The van der Waals surface area contributed by atoms with E-state index in [1.54, 1.807) is 0 Å². The quantitative estimate of drug-likeness (QED) is 0.478. The van der Waals surface area contributed by atoms with Gasteiger partial charge in [0.15, 0.2) is 0 Å². The number of alkyl carbamates (subject to hydrolysis) is 1. The van der Waals surface area contributed by atoms with Crippen LogP contribution in [0.5, 0.6) is 0 Å². The lowest BCUT2D eigenvalue weighted by Gasteiger charge is -2.29. The lowest BCUT2D eigenvalue weighted by Crippen LogP contribution is -2.47. The number of amides is 2. The van der Waals surface area contributed by atoms with Gasteiger partial charge >= 0.3 is 12.1 Å². The van der Waals surface area contributed by atoms with Gasteiger partial charge in [-0.3, -0.25) is 4.79 Å². The first-order valence-electron chi connectivity index (χ1n) is 12.6. The highest BCUT2D eigenvalue weighted by Crippen LogP contribution is 2.44. The molecular weight excluding hydrogens is 444 g/mol. The number of fused-ring (bicyclic) bond motifs is 3. The van der Waals surface area contributed by atoms with Gasteiger partial charge < -0.3 is 20.5 Å². The van der Waals surface area contributed by atoms with Gasteiger partial charge in [-0.15, -0.1) is 0 Å². The number of benzene rings is 2. The Labute approximate surface area is 206 Å². The van der Waals surface area contributed by atoms with Gasteiger partial charge in [0, 0.05) is 17.9 Å². The van der Waals surface area contributed by atoms with E-state index in [0.29, 0.717) is 19.3 Å². The zero-order valence-corrected chi connectivity index (χ0v) is 20.2. The normalized spacial score (nSPS) is 19.8. The molecule has 186 valence electrons. The van der Waals surface area contributed by atoms with Crippen molar-refractivity contribution in [2.45, 2.75) is 69.9 Å². The van der Waals surface area contributed by atoms with Gasteiger partial charge in [0.2, 0.25) is 5.91 Å². The van der Waals surface area contributed by atoms with Crippen LogP contribution >= 0.6 is 0 Å². The predicted molar refractivity (Wildman–Crippen MR) is 133 cm³/mol. The summed E-state index contributed by atoms with van der Waals surface area (Å²) in [5, 5.41) is 15.0. The van der Waals surface area contributed by atoms with E-state index in [1.165, 1.54) is 11.1 Å². The summed E-state index contributed by atoms with van der Waals surface area (Å²) in [6.07, 6.45) is 4.29. The molecule has 7 nitrogen and oxygen atoms in total. The molecule has 2 aromatic rings. The topological polar surface area (TPSA) is 105 Å². The average molecular weight is 479 g/mol. The number of carbonyl (C=O) groups excluding carboxylic acids is 2. The van der Waals surface area contributed by atoms with Crippen molar-refractivity contribution in [3.63, 3.8) is 0 Å². The lowest BCUT2D eigenvalue weighted by atomic mass is 9.85. The van der Waals surface area contributed by atoms with Crippen LogP contribution in [-0.2, 0) is 14.3 Å². The van der Waals surface area contributed by atoms with Crippen LogP contribution in [-0.4, -0.2) is 41.8 Å². The van der Waals surface area contributed by atoms with Crippen molar-refractivity contribution in [3.8, 4) is 11.1 Å². The van der Waals surface area contributed by atoms with Crippen LogP contribution in [0.1, 0.15) is 68.9 Å². The third kappa shape index (κ3) is 5.84. The van der Waals surface area contributed by atoms with Crippen LogP contribution in [0, 0.1) is 5.92 Å². The van der Waals surface area contributed by atoms with Gasteiger partial charge in [-0.25, -0.2) is 9.59 Å². The molecule has 4 rings (SSSR count). The summed E-state index contributed by atoms with van der Waals surface area (Å²) < 4.78 is 5.65. The highest BCUT2D eigenvalue weighted by atomic mass is 16.5. The van der Waals surface area contributed by atoms with Gasteiger partial charge in [0.05, 0.1) is 0 Å². The standard InChI is InChI=1S/C28H34N2O5/c1-2-3-15-25(27(32)33)30-26(31)18-9-8-10-19(16-18)29-28(34)35-17-24-22-13-6-4-11-20(22)21-12-5-7-14-23(21)24/h4-7,11-14,18-19,24-25H,2-3,8-10,15-17H2,1H3,(H,29,34)(H,30,31)(H,32,33)/t18-,19+,25+/m1/s1. The number of ether oxygens (including phenoxy) is 1. The Balaban J connectivity index is 1.30. The fourth-order valence-corrected chi connectivity index (χ4v) is 5.32. The molecule has 35 heavy (non-hydrogen) atoms. The predicted octanol–water partition coefficient (Wildman–Crippen LogP) is 4.84. The Morgan fingerprint density at radius 1 is 1.03 bits per heavy atom. The largest absolute Gasteiger partial charge is 0.480 e.